The lowest BCUT2D eigenvalue weighted by Gasteiger charge is -2.27. The monoisotopic (exact) mass is 341 g/mol. The summed E-state index contributed by atoms with van der Waals surface area (Å²) >= 11 is 0. The first kappa shape index (κ1) is 17.5. The Bertz CT molecular complexity index is 629. The molecule has 3 amide bonds. The second kappa shape index (κ2) is 8.19. The van der Waals surface area contributed by atoms with Crippen LogP contribution in [0.1, 0.15) is 38.2 Å². The van der Waals surface area contributed by atoms with Crippen molar-refractivity contribution in [3.63, 3.8) is 0 Å². The molecule has 5 nitrogen and oxygen atoms in total. The third-order valence-corrected chi connectivity index (χ3v) is 4.91. The summed E-state index contributed by atoms with van der Waals surface area (Å²) in [7, 11) is 0. The summed E-state index contributed by atoms with van der Waals surface area (Å²) in [6, 6.07) is 10.2. The maximum absolute atomic E-state index is 12.6. The van der Waals surface area contributed by atoms with E-state index in [1.54, 1.807) is 0 Å². The number of carbonyl (C=O) groups is 2. The van der Waals surface area contributed by atoms with Crippen molar-refractivity contribution in [3.8, 4) is 0 Å². The van der Waals surface area contributed by atoms with Gasteiger partial charge in [0.1, 0.15) is 0 Å². The van der Waals surface area contributed by atoms with Gasteiger partial charge in [-0.1, -0.05) is 42.5 Å². The molecular formula is C20H27N3O2. The molecule has 2 atom stereocenters. The average Bonchev–Trinajstić information content (AvgIpc) is 3.23. The van der Waals surface area contributed by atoms with Crippen molar-refractivity contribution in [2.45, 2.75) is 44.7 Å². The Morgan fingerprint density at radius 1 is 1.28 bits per heavy atom. The molecule has 25 heavy (non-hydrogen) atoms. The van der Waals surface area contributed by atoms with Crippen molar-refractivity contribution in [2.24, 2.45) is 0 Å². The van der Waals surface area contributed by atoms with Crippen LogP contribution in [0.15, 0.2) is 36.4 Å². The third kappa shape index (κ3) is 4.62. The van der Waals surface area contributed by atoms with Gasteiger partial charge < -0.3 is 15.1 Å². The first-order chi connectivity index (χ1) is 12.1. The molecule has 0 bridgehead atoms. The van der Waals surface area contributed by atoms with Crippen LogP contribution in [0, 0.1) is 0 Å². The molecule has 0 saturated carbocycles. The van der Waals surface area contributed by atoms with Crippen LogP contribution in [0.3, 0.4) is 0 Å². The van der Waals surface area contributed by atoms with Crippen LogP contribution in [0.2, 0.25) is 0 Å². The van der Waals surface area contributed by atoms with Crippen LogP contribution in [-0.4, -0.2) is 53.5 Å². The molecule has 1 aromatic carbocycles. The highest BCUT2D eigenvalue weighted by atomic mass is 16.2. The summed E-state index contributed by atoms with van der Waals surface area (Å²) in [5, 5.41) is 3.06. The van der Waals surface area contributed by atoms with Crippen LogP contribution in [0.5, 0.6) is 0 Å². The van der Waals surface area contributed by atoms with Crippen molar-refractivity contribution in [1.29, 1.82) is 0 Å². The van der Waals surface area contributed by atoms with E-state index in [1.807, 2.05) is 34.9 Å². The fourth-order valence-electron chi connectivity index (χ4n) is 3.60. The number of hydrogen-bond donors (Lipinski definition) is 1. The zero-order valence-corrected chi connectivity index (χ0v) is 14.9. The van der Waals surface area contributed by atoms with Crippen LogP contribution in [0.4, 0.5) is 4.79 Å². The number of carbonyl (C=O) groups excluding carboxylic acids is 2. The molecule has 0 spiro atoms. The number of amides is 3. The minimum absolute atomic E-state index is 0.0284. The Hall–Kier alpha value is -2.30. The summed E-state index contributed by atoms with van der Waals surface area (Å²) in [6.07, 6.45) is 7.79. The van der Waals surface area contributed by atoms with Gasteiger partial charge in [-0.2, -0.15) is 0 Å². The molecule has 0 radical (unpaired) electrons. The highest BCUT2D eigenvalue weighted by Gasteiger charge is 2.28. The van der Waals surface area contributed by atoms with Gasteiger partial charge in [0.15, 0.2) is 0 Å². The molecule has 2 heterocycles. The second-order valence-corrected chi connectivity index (χ2v) is 6.97. The van der Waals surface area contributed by atoms with Crippen LogP contribution in [0.25, 0.3) is 6.08 Å². The summed E-state index contributed by atoms with van der Waals surface area (Å²) in [4.78, 5) is 28.1. The van der Waals surface area contributed by atoms with Crippen molar-refractivity contribution in [1.82, 2.24) is 15.1 Å². The first-order valence-corrected chi connectivity index (χ1v) is 9.21. The number of benzene rings is 1. The minimum Gasteiger partial charge on any atom is -0.341 e. The lowest BCUT2D eigenvalue weighted by Crippen LogP contribution is -2.49. The lowest BCUT2D eigenvalue weighted by molar-refractivity contribution is -0.127. The van der Waals surface area contributed by atoms with Gasteiger partial charge >= 0.3 is 6.03 Å². The predicted molar refractivity (Wildman–Crippen MR) is 99.0 cm³/mol. The normalized spacial score (nSPS) is 22.0. The van der Waals surface area contributed by atoms with Gasteiger partial charge in [-0.3, -0.25) is 4.79 Å². The van der Waals surface area contributed by atoms with Crippen molar-refractivity contribution < 1.29 is 9.59 Å². The molecular weight excluding hydrogens is 314 g/mol. The molecule has 2 aliphatic rings. The average molecular weight is 341 g/mol. The van der Waals surface area contributed by atoms with Crippen molar-refractivity contribution >= 4 is 18.0 Å². The molecule has 0 aromatic heterocycles. The van der Waals surface area contributed by atoms with Crippen LogP contribution >= 0.6 is 0 Å². The van der Waals surface area contributed by atoms with Gasteiger partial charge in [-0.05, 0) is 31.7 Å². The molecule has 3 rings (SSSR count). The van der Waals surface area contributed by atoms with E-state index in [0.717, 1.165) is 37.9 Å². The first-order valence-electron chi connectivity index (χ1n) is 9.21. The number of rotatable bonds is 5. The van der Waals surface area contributed by atoms with Gasteiger partial charge in [0.2, 0.25) is 5.91 Å². The SMILES string of the molecule is CC(CN1CCCC1=O)NC(=O)N1CCCC1C=Cc1ccccc1. The zero-order chi connectivity index (χ0) is 17.6. The highest BCUT2D eigenvalue weighted by molar-refractivity contribution is 5.78. The van der Waals surface area contributed by atoms with E-state index < -0.39 is 0 Å². The molecule has 1 N–H and O–H groups in total. The summed E-state index contributed by atoms with van der Waals surface area (Å²) < 4.78 is 0. The van der Waals surface area contributed by atoms with Crippen LogP contribution < -0.4 is 5.32 Å². The molecule has 2 unspecified atom stereocenters. The fourth-order valence-corrected chi connectivity index (χ4v) is 3.60. The Balaban J connectivity index is 1.53. The van der Waals surface area contributed by atoms with E-state index in [0.29, 0.717) is 13.0 Å². The van der Waals surface area contributed by atoms with Gasteiger partial charge in [0.05, 0.1) is 6.04 Å². The summed E-state index contributed by atoms with van der Waals surface area (Å²) in [6.45, 7) is 4.16. The quantitative estimate of drug-likeness (QED) is 0.895. The van der Waals surface area contributed by atoms with Crippen LogP contribution in [-0.2, 0) is 4.79 Å². The van der Waals surface area contributed by atoms with E-state index in [4.69, 9.17) is 0 Å². The van der Waals surface area contributed by atoms with Gasteiger partial charge in [0, 0.05) is 32.1 Å². The number of likely N-dealkylation sites (tertiary alicyclic amines) is 2. The number of hydrogen-bond acceptors (Lipinski definition) is 2. The van der Waals surface area contributed by atoms with E-state index in [2.05, 4.69) is 29.6 Å². The highest BCUT2D eigenvalue weighted by Crippen LogP contribution is 2.20. The smallest absolute Gasteiger partial charge is 0.318 e. The minimum atomic E-state index is -0.0334. The Morgan fingerprint density at radius 3 is 2.80 bits per heavy atom. The van der Waals surface area contributed by atoms with Gasteiger partial charge in [-0.15, -0.1) is 0 Å². The zero-order valence-electron chi connectivity index (χ0n) is 14.9. The predicted octanol–water partition coefficient (Wildman–Crippen LogP) is 2.88. The molecule has 134 valence electrons. The van der Waals surface area contributed by atoms with Crippen molar-refractivity contribution in [3.05, 3.63) is 42.0 Å². The third-order valence-electron chi connectivity index (χ3n) is 4.91. The molecule has 0 aliphatic carbocycles. The van der Waals surface area contributed by atoms with E-state index in [-0.39, 0.29) is 24.0 Å². The Labute approximate surface area is 149 Å². The molecule has 2 fully saturated rings. The lowest BCUT2D eigenvalue weighted by atomic mass is 10.1. The Kier molecular flexibility index (Phi) is 5.74. The van der Waals surface area contributed by atoms with Crippen molar-refractivity contribution in [2.75, 3.05) is 19.6 Å². The number of urea groups is 1. The maximum Gasteiger partial charge on any atom is 0.318 e. The fraction of sp³-hybridized carbons (Fsp3) is 0.500. The number of nitrogens with zero attached hydrogens (tertiary/aromatic N) is 2. The topological polar surface area (TPSA) is 52.7 Å². The summed E-state index contributed by atoms with van der Waals surface area (Å²) in [5.41, 5.74) is 1.15. The van der Waals surface area contributed by atoms with E-state index in [1.165, 1.54) is 0 Å². The summed E-state index contributed by atoms with van der Waals surface area (Å²) in [5.74, 6) is 0.200. The molecule has 2 aliphatic heterocycles. The Morgan fingerprint density at radius 2 is 2.08 bits per heavy atom. The molecule has 1 aromatic rings. The van der Waals surface area contributed by atoms with E-state index in [9.17, 15) is 9.59 Å². The largest absolute Gasteiger partial charge is 0.341 e. The van der Waals surface area contributed by atoms with Gasteiger partial charge in [0.25, 0.3) is 0 Å². The molecule has 5 heteroatoms. The number of nitrogens with one attached hydrogen (secondary N) is 1. The van der Waals surface area contributed by atoms with E-state index >= 15 is 0 Å². The second-order valence-electron chi connectivity index (χ2n) is 6.97. The standard InChI is InChI=1S/C20H27N3O2/c1-16(15-22-13-6-10-19(22)24)21-20(25)23-14-5-9-18(23)12-11-17-7-3-2-4-8-17/h2-4,7-8,11-12,16,18H,5-6,9-10,13-15H2,1H3,(H,21,25). The molecule has 2 saturated heterocycles. The van der Waals surface area contributed by atoms with Gasteiger partial charge in [-0.25, -0.2) is 4.79 Å². The maximum atomic E-state index is 12.6.